The Bertz CT molecular complexity index is 1150. The van der Waals surface area contributed by atoms with Gasteiger partial charge in [0, 0.05) is 42.1 Å². The van der Waals surface area contributed by atoms with Crippen LogP contribution >= 0.6 is 22.9 Å². The average molecular weight is 506 g/mol. The van der Waals surface area contributed by atoms with Gasteiger partial charge < -0.3 is 9.64 Å². The molecule has 176 valence electrons. The molecule has 0 radical (unpaired) electrons. The molecule has 9 heteroatoms. The Morgan fingerprint density at radius 3 is 2.33 bits per heavy atom. The van der Waals surface area contributed by atoms with Crippen molar-refractivity contribution in [3.8, 4) is 5.75 Å². The summed E-state index contributed by atoms with van der Waals surface area (Å²) in [6, 6.07) is 18.0. The number of nitrogens with one attached hydrogen (secondary N) is 1. The molecule has 6 nitrogen and oxygen atoms in total. The molecule has 0 bridgehead atoms. The van der Waals surface area contributed by atoms with Crippen LogP contribution in [0.25, 0.3) is 0 Å². The monoisotopic (exact) mass is 505 g/mol. The molecule has 2 atom stereocenters. The third kappa shape index (κ3) is 5.53. The molecule has 0 spiro atoms. The highest BCUT2D eigenvalue weighted by Crippen LogP contribution is 2.33. The molecule has 4 rings (SSSR count). The van der Waals surface area contributed by atoms with Gasteiger partial charge in [0.1, 0.15) is 5.75 Å². The lowest BCUT2D eigenvalue weighted by atomic mass is 10.1. The van der Waals surface area contributed by atoms with E-state index in [-0.39, 0.29) is 17.0 Å². The number of anilines is 1. The smallest absolute Gasteiger partial charge is 0.240 e. The van der Waals surface area contributed by atoms with Crippen LogP contribution in [0.2, 0.25) is 5.02 Å². The van der Waals surface area contributed by atoms with E-state index in [0.717, 1.165) is 42.5 Å². The Balaban J connectivity index is 1.51. The number of hydrogen-bond acceptors (Lipinski definition) is 6. The Kier molecular flexibility index (Phi) is 7.61. The summed E-state index contributed by atoms with van der Waals surface area (Å²) in [6.07, 6.45) is 0. The fraction of sp³-hybridized carbons (Fsp3) is 0.333. The van der Waals surface area contributed by atoms with Crippen molar-refractivity contribution >= 4 is 38.6 Å². The first-order valence-corrected chi connectivity index (χ1v) is 13.6. The zero-order chi connectivity index (χ0) is 23.4. The predicted octanol–water partition coefficient (Wildman–Crippen LogP) is 4.64. The number of halogens is 1. The molecule has 1 aliphatic heterocycles. The Labute approximate surface area is 204 Å². The van der Waals surface area contributed by atoms with Crippen molar-refractivity contribution in [2.45, 2.75) is 23.9 Å². The zero-order valence-corrected chi connectivity index (χ0v) is 21.0. The molecular formula is C24H28ClN3O3S2. The third-order valence-electron chi connectivity index (χ3n) is 5.91. The number of piperazine rings is 1. The lowest BCUT2D eigenvalue weighted by Crippen LogP contribution is -2.52. The van der Waals surface area contributed by atoms with Gasteiger partial charge in [-0.15, -0.1) is 11.3 Å². The topological polar surface area (TPSA) is 61.9 Å². The molecule has 1 aliphatic rings. The van der Waals surface area contributed by atoms with Crippen LogP contribution in [-0.2, 0) is 10.0 Å². The SMILES string of the molecule is COc1ccccc1N1CCN([C@H](c2cccs2)[C@@H](C)NS(=O)(=O)c2ccc(Cl)cc2)CC1. The number of rotatable bonds is 8. The van der Waals surface area contributed by atoms with Crippen LogP contribution in [0.4, 0.5) is 5.69 Å². The first kappa shape index (κ1) is 24.0. The van der Waals surface area contributed by atoms with Crippen molar-refractivity contribution in [2.24, 2.45) is 0 Å². The first-order valence-electron chi connectivity index (χ1n) is 10.8. The molecule has 0 amide bonds. The summed E-state index contributed by atoms with van der Waals surface area (Å²) >= 11 is 7.58. The first-order chi connectivity index (χ1) is 15.9. The lowest BCUT2D eigenvalue weighted by Gasteiger charge is -2.42. The number of benzene rings is 2. The number of nitrogens with zero attached hydrogens (tertiary/aromatic N) is 2. The molecule has 1 N–H and O–H groups in total. The van der Waals surface area contributed by atoms with Gasteiger partial charge >= 0.3 is 0 Å². The van der Waals surface area contributed by atoms with Crippen LogP contribution in [-0.4, -0.2) is 52.6 Å². The summed E-state index contributed by atoms with van der Waals surface area (Å²) in [5, 5.41) is 2.54. The van der Waals surface area contributed by atoms with Crippen molar-refractivity contribution in [3.63, 3.8) is 0 Å². The van der Waals surface area contributed by atoms with Crippen molar-refractivity contribution in [1.82, 2.24) is 9.62 Å². The number of ether oxygens (including phenoxy) is 1. The minimum atomic E-state index is -3.67. The van der Waals surface area contributed by atoms with E-state index in [2.05, 4.69) is 26.7 Å². The van der Waals surface area contributed by atoms with E-state index in [1.54, 1.807) is 30.6 Å². The molecule has 1 fully saturated rings. The number of para-hydroxylation sites is 2. The summed E-state index contributed by atoms with van der Waals surface area (Å²) in [7, 11) is -1.98. The number of methoxy groups -OCH3 is 1. The van der Waals surface area contributed by atoms with Gasteiger partial charge in [-0.25, -0.2) is 13.1 Å². The van der Waals surface area contributed by atoms with Gasteiger partial charge in [-0.1, -0.05) is 29.8 Å². The second kappa shape index (κ2) is 10.4. The summed E-state index contributed by atoms with van der Waals surface area (Å²) in [5.41, 5.74) is 1.09. The van der Waals surface area contributed by atoms with Crippen LogP contribution in [0.5, 0.6) is 5.75 Å². The van der Waals surface area contributed by atoms with E-state index < -0.39 is 10.0 Å². The second-order valence-electron chi connectivity index (χ2n) is 8.02. The molecule has 1 aromatic heterocycles. The average Bonchev–Trinajstić information content (AvgIpc) is 3.34. The highest BCUT2D eigenvalue weighted by atomic mass is 35.5. The summed E-state index contributed by atoms with van der Waals surface area (Å²) in [6.45, 7) is 5.23. The van der Waals surface area contributed by atoms with E-state index in [0.29, 0.717) is 5.02 Å². The zero-order valence-electron chi connectivity index (χ0n) is 18.6. The van der Waals surface area contributed by atoms with Crippen LogP contribution in [0, 0.1) is 0 Å². The summed E-state index contributed by atoms with van der Waals surface area (Å²) in [4.78, 5) is 6.05. The lowest BCUT2D eigenvalue weighted by molar-refractivity contribution is 0.163. The molecule has 2 aromatic carbocycles. The van der Waals surface area contributed by atoms with Gasteiger partial charge in [0.2, 0.25) is 10.0 Å². The van der Waals surface area contributed by atoms with Gasteiger partial charge in [0.15, 0.2) is 0 Å². The van der Waals surface area contributed by atoms with Crippen LogP contribution in [0.15, 0.2) is 70.9 Å². The molecule has 0 aliphatic carbocycles. The number of thiophene rings is 1. The van der Waals surface area contributed by atoms with E-state index in [4.69, 9.17) is 16.3 Å². The van der Waals surface area contributed by atoms with E-state index in [1.807, 2.05) is 36.6 Å². The molecule has 1 saturated heterocycles. The van der Waals surface area contributed by atoms with Crippen molar-refractivity contribution < 1.29 is 13.2 Å². The Morgan fingerprint density at radius 1 is 1.00 bits per heavy atom. The third-order valence-corrected chi connectivity index (χ3v) is 8.68. The highest BCUT2D eigenvalue weighted by Gasteiger charge is 2.33. The van der Waals surface area contributed by atoms with Gasteiger partial charge in [0.25, 0.3) is 0 Å². The summed E-state index contributed by atoms with van der Waals surface area (Å²) < 4.78 is 34.5. The van der Waals surface area contributed by atoms with Crippen molar-refractivity contribution in [2.75, 3.05) is 38.2 Å². The predicted molar refractivity (Wildman–Crippen MR) is 135 cm³/mol. The largest absolute Gasteiger partial charge is 0.495 e. The Hall–Kier alpha value is -2.10. The number of sulfonamides is 1. The van der Waals surface area contributed by atoms with Gasteiger partial charge in [-0.2, -0.15) is 0 Å². The van der Waals surface area contributed by atoms with Crippen LogP contribution in [0.3, 0.4) is 0 Å². The fourth-order valence-corrected chi connectivity index (χ4v) is 6.66. The molecule has 33 heavy (non-hydrogen) atoms. The van der Waals surface area contributed by atoms with Gasteiger partial charge in [0.05, 0.1) is 23.7 Å². The molecule has 2 heterocycles. The van der Waals surface area contributed by atoms with E-state index in [9.17, 15) is 8.42 Å². The standard InChI is InChI=1S/C24H28ClN3O3S2/c1-18(26-33(29,30)20-11-9-19(25)10-12-20)24(23-8-5-17-32-23)28-15-13-27(14-16-28)21-6-3-4-7-22(21)31-2/h3-12,17-18,24,26H,13-16H2,1-2H3/t18-,24+/m1/s1. The molecular weight excluding hydrogens is 478 g/mol. The summed E-state index contributed by atoms with van der Waals surface area (Å²) in [5.74, 6) is 0.866. The molecule has 3 aromatic rings. The van der Waals surface area contributed by atoms with Crippen molar-refractivity contribution in [1.29, 1.82) is 0 Å². The quantitative estimate of drug-likeness (QED) is 0.483. The second-order valence-corrected chi connectivity index (χ2v) is 11.1. The van der Waals surface area contributed by atoms with Gasteiger partial charge in [-0.05, 0) is 54.8 Å². The van der Waals surface area contributed by atoms with E-state index in [1.165, 1.54) is 12.1 Å². The minimum absolute atomic E-state index is 0.0631. The maximum atomic E-state index is 13.0. The minimum Gasteiger partial charge on any atom is -0.495 e. The highest BCUT2D eigenvalue weighted by molar-refractivity contribution is 7.89. The van der Waals surface area contributed by atoms with Crippen LogP contribution in [0.1, 0.15) is 17.8 Å². The normalized spacial score (nSPS) is 17.0. The number of hydrogen-bond donors (Lipinski definition) is 1. The maximum absolute atomic E-state index is 13.0. The van der Waals surface area contributed by atoms with Crippen LogP contribution < -0.4 is 14.4 Å². The molecule has 0 unspecified atom stereocenters. The van der Waals surface area contributed by atoms with Gasteiger partial charge in [-0.3, -0.25) is 4.90 Å². The maximum Gasteiger partial charge on any atom is 0.240 e. The molecule has 0 saturated carbocycles. The van der Waals surface area contributed by atoms with E-state index >= 15 is 0 Å². The van der Waals surface area contributed by atoms with Crippen molar-refractivity contribution in [3.05, 3.63) is 75.9 Å². The Morgan fingerprint density at radius 2 is 1.70 bits per heavy atom. The fourth-order valence-electron chi connectivity index (χ4n) is 4.33.